The Morgan fingerprint density at radius 3 is 2.81 bits per heavy atom. The van der Waals surface area contributed by atoms with Gasteiger partial charge in [-0.1, -0.05) is 0 Å². The van der Waals surface area contributed by atoms with Gasteiger partial charge >= 0.3 is 6.61 Å². The van der Waals surface area contributed by atoms with Crippen molar-refractivity contribution < 1.29 is 18.3 Å². The van der Waals surface area contributed by atoms with E-state index in [0.29, 0.717) is 6.04 Å². The number of aromatic nitrogens is 1. The highest BCUT2D eigenvalue weighted by atomic mass is 32.1. The summed E-state index contributed by atoms with van der Waals surface area (Å²) in [5, 5.41) is 6.12. The predicted octanol–water partition coefficient (Wildman–Crippen LogP) is 3.99. The van der Waals surface area contributed by atoms with Crippen LogP contribution >= 0.6 is 11.3 Å². The fraction of sp³-hybridized carbons (Fsp3) is 0.357. The van der Waals surface area contributed by atoms with Crippen molar-refractivity contribution in [2.45, 2.75) is 25.5 Å². The lowest BCUT2D eigenvalue weighted by Crippen LogP contribution is -2.03. The number of alkyl halides is 2. The third-order valence-electron chi connectivity index (χ3n) is 3.08. The molecule has 1 aromatic carbocycles. The van der Waals surface area contributed by atoms with Gasteiger partial charge in [0.2, 0.25) is 0 Å². The minimum Gasteiger partial charge on any atom is -0.493 e. The van der Waals surface area contributed by atoms with Crippen LogP contribution in [0.2, 0.25) is 0 Å². The summed E-state index contributed by atoms with van der Waals surface area (Å²) < 4.78 is 34.1. The SMILES string of the molecule is COc1cc(-c2csc(NC3CC3)n2)ccc1OC(F)F. The second-order valence-corrected chi connectivity index (χ2v) is 5.56. The molecule has 0 aliphatic heterocycles. The number of halogens is 2. The van der Waals surface area contributed by atoms with Gasteiger partial charge in [-0.25, -0.2) is 4.98 Å². The Labute approximate surface area is 124 Å². The first kappa shape index (κ1) is 14.1. The van der Waals surface area contributed by atoms with Gasteiger partial charge in [0.15, 0.2) is 16.6 Å². The lowest BCUT2D eigenvalue weighted by molar-refractivity contribution is -0.0512. The normalized spacial score (nSPS) is 14.3. The van der Waals surface area contributed by atoms with E-state index < -0.39 is 6.61 Å². The fourth-order valence-electron chi connectivity index (χ4n) is 1.90. The lowest BCUT2D eigenvalue weighted by atomic mass is 10.1. The van der Waals surface area contributed by atoms with E-state index >= 15 is 0 Å². The molecule has 0 unspecified atom stereocenters. The van der Waals surface area contributed by atoms with E-state index in [1.165, 1.54) is 37.4 Å². The first-order valence-electron chi connectivity index (χ1n) is 6.51. The number of rotatable bonds is 6. The first-order chi connectivity index (χ1) is 10.2. The van der Waals surface area contributed by atoms with Crippen LogP contribution < -0.4 is 14.8 Å². The Bertz CT molecular complexity index is 629. The molecule has 0 radical (unpaired) electrons. The maximum Gasteiger partial charge on any atom is 0.387 e. The summed E-state index contributed by atoms with van der Waals surface area (Å²) in [5.74, 6) is 0.278. The molecule has 0 saturated heterocycles. The van der Waals surface area contributed by atoms with E-state index in [1.807, 2.05) is 5.38 Å². The largest absolute Gasteiger partial charge is 0.493 e. The molecule has 112 valence electrons. The van der Waals surface area contributed by atoms with Crippen molar-refractivity contribution in [3.63, 3.8) is 0 Å². The highest BCUT2D eigenvalue weighted by molar-refractivity contribution is 7.14. The summed E-state index contributed by atoms with van der Waals surface area (Å²) >= 11 is 1.53. The van der Waals surface area contributed by atoms with Crippen LogP contribution in [0.3, 0.4) is 0 Å². The fourth-order valence-corrected chi connectivity index (χ4v) is 2.69. The monoisotopic (exact) mass is 312 g/mol. The topological polar surface area (TPSA) is 43.4 Å². The second kappa shape index (κ2) is 5.85. The number of anilines is 1. The number of ether oxygens (including phenoxy) is 2. The van der Waals surface area contributed by atoms with Crippen molar-refractivity contribution in [3.8, 4) is 22.8 Å². The van der Waals surface area contributed by atoms with Crippen LogP contribution in [-0.2, 0) is 0 Å². The number of benzene rings is 1. The van der Waals surface area contributed by atoms with E-state index in [2.05, 4.69) is 15.0 Å². The van der Waals surface area contributed by atoms with Crippen molar-refractivity contribution >= 4 is 16.5 Å². The number of thiazole rings is 1. The summed E-state index contributed by atoms with van der Waals surface area (Å²) in [7, 11) is 1.42. The summed E-state index contributed by atoms with van der Waals surface area (Å²) in [6.07, 6.45) is 2.37. The number of hydrogen-bond acceptors (Lipinski definition) is 5. The Morgan fingerprint density at radius 1 is 1.33 bits per heavy atom. The van der Waals surface area contributed by atoms with Gasteiger partial charge in [0.25, 0.3) is 0 Å². The highest BCUT2D eigenvalue weighted by Gasteiger charge is 2.22. The van der Waals surface area contributed by atoms with E-state index in [1.54, 1.807) is 12.1 Å². The minimum atomic E-state index is -2.88. The van der Waals surface area contributed by atoms with Gasteiger partial charge in [0.05, 0.1) is 12.8 Å². The quantitative estimate of drug-likeness (QED) is 0.876. The maximum absolute atomic E-state index is 12.3. The summed E-state index contributed by atoms with van der Waals surface area (Å²) in [6.45, 7) is -2.88. The van der Waals surface area contributed by atoms with Gasteiger partial charge in [0, 0.05) is 17.0 Å². The summed E-state index contributed by atoms with van der Waals surface area (Å²) in [4.78, 5) is 4.49. The van der Waals surface area contributed by atoms with Crippen molar-refractivity contribution in [1.29, 1.82) is 0 Å². The lowest BCUT2D eigenvalue weighted by Gasteiger charge is -2.10. The molecule has 3 rings (SSSR count). The van der Waals surface area contributed by atoms with Crippen LogP contribution in [0.4, 0.5) is 13.9 Å². The first-order valence-corrected chi connectivity index (χ1v) is 7.39. The van der Waals surface area contributed by atoms with E-state index in [-0.39, 0.29) is 11.5 Å². The second-order valence-electron chi connectivity index (χ2n) is 4.70. The number of nitrogens with zero attached hydrogens (tertiary/aromatic N) is 1. The van der Waals surface area contributed by atoms with Crippen LogP contribution in [0.5, 0.6) is 11.5 Å². The average molecular weight is 312 g/mol. The molecule has 1 aliphatic rings. The van der Waals surface area contributed by atoms with E-state index in [4.69, 9.17) is 4.74 Å². The van der Waals surface area contributed by atoms with Gasteiger partial charge in [-0.05, 0) is 31.0 Å². The highest BCUT2D eigenvalue weighted by Crippen LogP contribution is 2.35. The number of nitrogens with one attached hydrogen (secondary N) is 1. The molecule has 1 aliphatic carbocycles. The summed E-state index contributed by atoms with van der Waals surface area (Å²) in [5.41, 5.74) is 1.58. The molecule has 1 aromatic heterocycles. The molecule has 1 fully saturated rings. The van der Waals surface area contributed by atoms with Crippen molar-refractivity contribution in [1.82, 2.24) is 4.98 Å². The zero-order valence-corrected chi connectivity index (χ0v) is 12.1. The molecule has 1 heterocycles. The molecule has 0 spiro atoms. The molecule has 0 bridgehead atoms. The molecular formula is C14H14F2N2O2S. The Balaban J connectivity index is 1.82. The molecule has 1 N–H and O–H groups in total. The third kappa shape index (κ3) is 3.41. The average Bonchev–Trinajstić information content (AvgIpc) is 3.14. The van der Waals surface area contributed by atoms with Gasteiger partial charge < -0.3 is 14.8 Å². The van der Waals surface area contributed by atoms with E-state index in [9.17, 15) is 8.78 Å². The Morgan fingerprint density at radius 2 is 2.14 bits per heavy atom. The predicted molar refractivity (Wildman–Crippen MR) is 77.4 cm³/mol. The van der Waals surface area contributed by atoms with Crippen LogP contribution in [-0.4, -0.2) is 24.7 Å². The standard InChI is InChI=1S/C14H14F2N2O2S/c1-19-12-6-8(2-5-11(12)20-13(15)16)10-7-21-14(18-10)17-9-3-4-9/h2,5-7,9,13H,3-4H2,1H3,(H,17,18). The van der Waals surface area contributed by atoms with Crippen LogP contribution in [0.15, 0.2) is 23.6 Å². The van der Waals surface area contributed by atoms with Gasteiger partial charge in [0.1, 0.15) is 0 Å². The summed E-state index contributed by atoms with van der Waals surface area (Å²) in [6, 6.07) is 5.35. The van der Waals surface area contributed by atoms with Gasteiger partial charge in [-0.3, -0.25) is 0 Å². The smallest absolute Gasteiger partial charge is 0.387 e. The van der Waals surface area contributed by atoms with Gasteiger partial charge in [-0.2, -0.15) is 8.78 Å². The van der Waals surface area contributed by atoms with Gasteiger partial charge in [-0.15, -0.1) is 11.3 Å². The molecule has 4 nitrogen and oxygen atoms in total. The number of methoxy groups -OCH3 is 1. The molecule has 0 amide bonds. The van der Waals surface area contributed by atoms with Crippen LogP contribution in [0, 0.1) is 0 Å². The minimum absolute atomic E-state index is 0.0165. The van der Waals surface area contributed by atoms with Crippen LogP contribution in [0.1, 0.15) is 12.8 Å². The molecule has 21 heavy (non-hydrogen) atoms. The third-order valence-corrected chi connectivity index (χ3v) is 3.86. The molecule has 2 aromatic rings. The molecule has 1 saturated carbocycles. The molecule has 0 atom stereocenters. The zero-order chi connectivity index (χ0) is 14.8. The van der Waals surface area contributed by atoms with Crippen molar-refractivity contribution in [2.75, 3.05) is 12.4 Å². The maximum atomic E-state index is 12.3. The molecule has 7 heteroatoms. The van der Waals surface area contributed by atoms with Crippen molar-refractivity contribution in [2.24, 2.45) is 0 Å². The Hall–Kier alpha value is -1.89. The Kier molecular flexibility index (Phi) is 3.92. The van der Waals surface area contributed by atoms with E-state index in [0.717, 1.165) is 16.4 Å². The molecular weight excluding hydrogens is 298 g/mol. The number of hydrogen-bond donors (Lipinski definition) is 1. The van der Waals surface area contributed by atoms with Crippen LogP contribution in [0.25, 0.3) is 11.3 Å². The van der Waals surface area contributed by atoms with Crippen molar-refractivity contribution in [3.05, 3.63) is 23.6 Å². The zero-order valence-electron chi connectivity index (χ0n) is 11.3.